The van der Waals surface area contributed by atoms with Gasteiger partial charge < -0.3 is 15.7 Å². The molecule has 3 unspecified atom stereocenters. The first-order valence-electron chi connectivity index (χ1n) is 7.16. The number of likely N-dealkylation sites (tertiary alicyclic amines) is 1. The zero-order valence-electron chi connectivity index (χ0n) is 12.0. The molecule has 2 fully saturated rings. The molecule has 2 aliphatic rings. The Kier molecular flexibility index (Phi) is 4.97. The molecule has 0 aromatic heterocycles. The molecule has 3 amide bonds. The summed E-state index contributed by atoms with van der Waals surface area (Å²) in [6.45, 7) is 2.76. The van der Waals surface area contributed by atoms with Crippen LogP contribution in [0.15, 0.2) is 0 Å². The Hall–Kier alpha value is -1.44. The van der Waals surface area contributed by atoms with Crippen molar-refractivity contribution >= 4 is 29.7 Å². The summed E-state index contributed by atoms with van der Waals surface area (Å²) in [5.74, 6) is -1.28. The van der Waals surface area contributed by atoms with Crippen LogP contribution in [0, 0.1) is 5.92 Å². The Morgan fingerprint density at radius 1 is 1.38 bits per heavy atom. The highest BCUT2D eigenvalue weighted by molar-refractivity contribution is 8.00. The van der Waals surface area contributed by atoms with Crippen LogP contribution in [-0.4, -0.2) is 63.1 Å². The minimum absolute atomic E-state index is 0.101. The first-order chi connectivity index (χ1) is 9.95. The molecular formula is C13H21N3O4S. The molecule has 2 heterocycles. The van der Waals surface area contributed by atoms with Crippen LogP contribution in [0.1, 0.15) is 26.2 Å². The van der Waals surface area contributed by atoms with Gasteiger partial charge in [0.05, 0.1) is 11.3 Å². The molecule has 0 radical (unpaired) electrons. The van der Waals surface area contributed by atoms with E-state index in [1.807, 2.05) is 6.92 Å². The molecule has 2 rings (SSSR count). The monoisotopic (exact) mass is 315 g/mol. The number of carbonyl (C=O) groups is 3. The van der Waals surface area contributed by atoms with Crippen LogP contribution in [0.4, 0.5) is 4.79 Å². The molecule has 0 bridgehead atoms. The number of nitrogens with zero attached hydrogens (tertiary/aromatic N) is 2. The molecule has 2 aliphatic heterocycles. The first-order valence-corrected chi connectivity index (χ1v) is 8.21. The zero-order chi connectivity index (χ0) is 15.6. The highest BCUT2D eigenvalue weighted by Gasteiger charge is 2.44. The second-order valence-electron chi connectivity index (χ2n) is 5.45. The molecule has 21 heavy (non-hydrogen) atoms. The Bertz CT molecular complexity index is 445. The maximum absolute atomic E-state index is 12.6. The quantitative estimate of drug-likeness (QED) is 0.788. The van der Waals surface area contributed by atoms with Gasteiger partial charge >= 0.3 is 12.0 Å². The predicted octanol–water partition coefficient (Wildman–Crippen LogP) is 0.542. The number of carboxylic acids is 1. The van der Waals surface area contributed by atoms with E-state index in [0.29, 0.717) is 25.3 Å². The van der Waals surface area contributed by atoms with Crippen molar-refractivity contribution in [2.75, 3.05) is 18.8 Å². The third-order valence-corrected chi connectivity index (χ3v) is 5.35. The van der Waals surface area contributed by atoms with Gasteiger partial charge in [0.25, 0.3) is 0 Å². The van der Waals surface area contributed by atoms with Gasteiger partial charge in [-0.25, -0.2) is 9.59 Å². The number of primary amides is 1. The number of hydrogen-bond acceptors (Lipinski definition) is 4. The third-order valence-electron chi connectivity index (χ3n) is 4.00. The maximum atomic E-state index is 12.6. The molecule has 3 N–H and O–H groups in total. The number of aliphatic carboxylic acids is 1. The number of carbonyl (C=O) groups excluding carboxylic acids is 2. The van der Waals surface area contributed by atoms with E-state index in [9.17, 15) is 19.5 Å². The fourth-order valence-electron chi connectivity index (χ4n) is 2.81. The number of carboxylic acid groups (broad SMARTS) is 1. The summed E-state index contributed by atoms with van der Waals surface area (Å²) in [6.07, 6.45) is 2.21. The van der Waals surface area contributed by atoms with E-state index in [1.54, 1.807) is 4.90 Å². The van der Waals surface area contributed by atoms with Gasteiger partial charge in [-0.15, -0.1) is 11.8 Å². The van der Waals surface area contributed by atoms with Crippen molar-refractivity contribution in [3.63, 3.8) is 0 Å². The van der Waals surface area contributed by atoms with Crippen LogP contribution < -0.4 is 5.73 Å². The lowest BCUT2D eigenvalue weighted by atomic mass is 10.1. The van der Waals surface area contributed by atoms with Gasteiger partial charge in [-0.1, -0.05) is 13.3 Å². The standard InChI is InChI=1S/C13H21N3O4S/c1-2-3-10-16(9(7-21-10)12(18)19)13(20)15-5-4-8(6-15)11(14)17/h8-10H,2-7H2,1H3,(H2,14,17)(H,18,19). The molecule has 2 saturated heterocycles. The van der Waals surface area contributed by atoms with Gasteiger partial charge in [0.15, 0.2) is 0 Å². The number of urea groups is 1. The van der Waals surface area contributed by atoms with Gasteiger partial charge in [0, 0.05) is 18.8 Å². The Morgan fingerprint density at radius 2 is 2.10 bits per heavy atom. The number of nitrogens with two attached hydrogens (primary N) is 1. The van der Waals surface area contributed by atoms with Crippen molar-refractivity contribution in [1.29, 1.82) is 0 Å². The lowest BCUT2D eigenvalue weighted by Crippen LogP contribution is -2.51. The topological polar surface area (TPSA) is 104 Å². The van der Waals surface area contributed by atoms with Gasteiger partial charge in [0.2, 0.25) is 5.91 Å². The van der Waals surface area contributed by atoms with E-state index < -0.39 is 17.9 Å². The molecule has 0 aromatic rings. The first kappa shape index (κ1) is 15.9. The van der Waals surface area contributed by atoms with E-state index in [-0.39, 0.29) is 17.3 Å². The van der Waals surface area contributed by atoms with E-state index in [0.717, 1.165) is 12.8 Å². The summed E-state index contributed by atoms with van der Waals surface area (Å²) in [6, 6.07) is -1.07. The second-order valence-corrected chi connectivity index (χ2v) is 6.67. The Labute approximate surface area is 127 Å². The summed E-state index contributed by atoms with van der Waals surface area (Å²) in [5, 5.41) is 9.20. The largest absolute Gasteiger partial charge is 0.480 e. The number of amides is 3. The normalized spacial score (nSPS) is 28.9. The predicted molar refractivity (Wildman–Crippen MR) is 78.7 cm³/mol. The minimum atomic E-state index is -0.972. The summed E-state index contributed by atoms with van der Waals surface area (Å²) in [5.41, 5.74) is 5.28. The highest BCUT2D eigenvalue weighted by atomic mass is 32.2. The SMILES string of the molecule is CCCC1SCC(C(=O)O)N1C(=O)N1CCC(C(N)=O)C1. The highest BCUT2D eigenvalue weighted by Crippen LogP contribution is 2.34. The van der Waals surface area contributed by atoms with E-state index >= 15 is 0 Å². The van der Waals surface area contributed by atoms with Crippen molar-refractivity contribution in [2.45, 2.75) is 37.6 Å². The lowest BCUT2D eigenvalue weighted by molar-refractivity contribution is -0.141. The van der Waals surface area contributed by atoms with Crippen molar-refractivity contribution in [1.82, 2.24) is 9.80 Å². The van der Waals surface area contributed by atoms with Crippen LogP contribution >= 0.6 is 11.8 Å². The maximum Gasteiger partial charge on any atom is 0.327 e. The number of thioether (sulfide) groups is 1. The minimum Gasteiger partial charge on any atom is -0.480 e. The molecule has 8 heteroatoms. The Balaban J connectivity index is 2.10. The average Bonchev–Trinajstić information content (AvgIpc) is 3.05. The molecule has 3 atom stereocenters. The fourth-order valence-corrected chi connectivity index (χ4v) is 4.32. The summed E-state index contributed by atoms with van der Waals surface area (Å²) >= 11 is 1.51. The molecule has 7 nitrogen and oxygen atoms in total. The number of rotatable bonds is 4. The van der Waals surface area contributed by atoms with E-state index in [1.165, 1.54) is 16.7 Å². The molecule has 0 spiro atoms. The van der Waals surface area contributed by atoms with Crippen molar-refractivity contribution in [3.05, 3.63) is 0 Å². The molecule has 0 aliphatic carbocycles. The molecule has 0 saturated carbocycles. The van der Waals surface area contributed by atoms with Crippen LogP contribution in [0.2, 0.25) is 0 Å². The summed E-state index contributed by atoms with van der Waals surface area (Å²) in [7, 11) is 0. The fraction of sp³-hybridized carbons (Fsp3) is 0.769. The van der Waals surface area contributed by atoms with Crippen molar-refractivity contribution in [3.8, 4) is 0 Å². The summed E-state index contributed by atoms with van der Waals surface area (Å²) < 4.78 is 0. The smallest absolute Gasteiger partial charge is 0.327 e. The molecular weight excluding hydrogens is 294 g/mol. The van der Waals surface area contributed by atoms with E-state index in [4.69, 9.17) is 5.73 Å². The Morgan fingerprint density at radius 3 is 2.62 bits per heavy atom. The van der Waals surface area contributed by atoms with Crippen molar-refractivity contribution < 1.29 is 19.5 Å². The average molecular weight is 315 g/mol. The van der Waals surface area contributed by atoms with Gasteiger partial charge in [-0.3, -0.25) is 9.69 Å². The van der Waals surface area contributed by atoms with Crippen LogP contribution in [0.3, 0.4) is 0 Å². The number of hydrogen-bond donors (Lipinski definition) is 2. The van der Waals surface area contributed by atoms with Crippen LogP contribution in [0.5, 0.6) is 0 Å². The van der Waals surface area contributed by atoms with E-state index in [2.05, 4.69) is 0 Å². The van der Waals surface area contributed by atoms with Gasteiger partial charge in [-0.2, -0.15) is 0 Å². The lowest BCUT2D eigenvalue weighted by Gasteiger charge is -2.31. The van der Waals surface area contributed by atoms with Crippen LogP contribution in [-0.2, 0) is 9.59 Å². The summed E-state index contributed by atoms with van der Waals surface area (Å²) in [4.78, 5) is 38.2. The second kappa shape index (κ2) is 6.55. The van der Waals surface area contributed by atoms with Gasteiger partial charge in [0.1, 0.15) is 6.04 Å². The van der Waals surface area contributed by atoms with Crippen LogP contribution in [0.25, 0.3) is 0 Å². The van der Waals surface area contributed by atoms with Gasteiger partial charge in [-0.05, 0) is 12.8 Å². The molecule has 118 valence electrons. The molecule has 0 aromatic carbocycles. The zero-order valence-corrected chi connectivity index (χ0v) is 12.8. The van der Waals surface area contributed by atoms with Crippen molar-refractivity contribution in [2.24, 2.45) is 11.7 Å². The third kappa shape index (κ3) is 3.25.